The summed E-state index contributed by atoms with van der Waals surface area (Å²) in [7, 11) is 3.76. The van der Waals surface area contributed by atoms with Crippen LogP contribution in [0.3, 0.4) is 0 Å². The molecule has 0 aromatic rings. The van der Waals surface area contributed by atoms with Gasteiger partial charge in [0, 0.05) is 13.1 Å². The summed E-state index contributed by atoms with van der Waals surface area (Å²) in [5, 5.41) is 0. The van der Waals surface area contributed by atoms with Gasteiger partial charge >= 0.3 is 0 Å². The Labute approximate surface area is 87.0 Å². The average molecular weight is 219 g/mol. The van der Waals surface area contributed by atoms with Crippen molar-refractivity contribution in [3.8, 4) is 0 Å². The Kier molecular flexibility index (Phi) is 26.6. The number of halogens is 2. The number of hydrogen-bond donors (Lipinski definition) is 4. The molecule has 0 aliphatic carbocycles. The van der Waals surface area contributed by atoms with E-state index < -0.39 is 0 Å². The first-order valence-electron chi connectivity index (χ1n) is 3.71. The Hall–Kier alpha value is 0.420. The predicted octanol–water partition coefficient (Wildman–Crippen LogP) is 0.0582. The van der Waals surface area contributed by atoms with Crippen LogP contribution in [0, 0.1) is 0 Å². The lowest BCUT2D eigenvalue weighted by Gasteiger charge is -2.02. The van der Waals surface area contributed by atoms with Crippen LogP contribution in [0.1, 0.15) is 12.8 Å². The fourth-order valence-corrected chi connectivity index (χ4v) is 0.677. The highest BCUT2D eigenvalue weighted by molar-refractivity contribution is 5.85. The second-order valence-corrected chi connectivity index (χ2v) is 2.06. The minimum Gasteiger partial charge on any atom is -0.261 e. The van der Waals surface area contributed by atoms with Crippen LogP contribution in [-0.2, 0) is 0 Å². The SMILES string of the molecule is CNNCCCCNNC.Cl.Cl. The molecule has 12 heavy (non-hydrogen) atoms. The highest BCUT2D eigenvalue weighted by Gasteiger charge is 1.84. The zero-order valence-electron chi connectivity index (χ0n) is 7.64. The van der Waals surface area contributed by atoms with Gasteiger partial charge in [0.25, 0.3) is 0 Å². The predicted molar refractivity (Wildman–Crippen MR) is 57.9 cm³/mol. The largest absolute Gasteiger partial charge is 0.261 e. The van der Waals surface area contributed by atoms with Crippen molar-refractivity contribution in [2.45, 2.75) is 12.8 Å². The van der Waals surface area contributed by atoms with Gasteiger partial charge in [-0.1, -0.05) is 0 Å². The quantitative estimate of drug-likeness (QED) is 0.361. The van der Waals surface area contributed by atoms with E-state index in [0.29, 0.717) is 0 Å². The van der Waals surface area contributed by atoms with Crippen LogP contribution in [0.2, 0.25) is 0 Å². The molecule has 78 valence electrons. The molecule has 0 rings (SSSR count). The Morgan fingerprint density at radius 1 is 0.750 bits per heavy atom. The molecule has 6 heteroatoms. The van der Waals surface area contributed by atoms with Crippen molar-refractivity contribution in [2.24, 2.45) is 0 Å². The lowest BCUT2D eigenvalue weighted by molar-refractivity contribution is 0.521. The van der Waals surface area contributed by atoms with Gasteiger partial charge in [-0.25, -0.2) is 0 Å². The molecule has 4 nitrogen and oxygen atoms in total. The third-order valence-electron chi connectivity index (χ3n) is 1.21. The first-order chi connectivity index (χ1) is 4.91. The van der Waals surface area contributed by atoms with E-state index in [1.54, 1.807) is 0 Å². The molecule has 4 N–H and O–H groups in total. The van der Waals surface area contributed by atoms with Crippen molar-refractivity contribution < 1.29 is 0 Å². The topological polar surface area (TPSA) is 48.1 Å². The van der Waals surface area contributed by atoms with Crippen LogP contribution in [0.5, 0.6) is 0 Å². The summed E-state index contributed by atoms with van der Waals surface area (Å²) in [4.78, 5) is 0. The molecular weight excluding hydrogens is 199 g/mol. The van der Waals surface area contributed by atoms with Crippen molar-refractivity contribution in [3.63, 3.8) is 0 Å². The Balaban J connectivity index is -0.000000405. The van der Waals surface area contributed by atoms with Crippen molar-refractivity contribution in [1.82, 2.24) is 21.7 Å². The summed E-state index contributed by atoms with van der Waals surface area (Å²) in [5.74, 6) is 0. The summed E-state index contributed by atoms with van der Waals surface area (Å²) >= 11 is 0. The van der Waals surface area contributed by atoms with Gasteiger partial charge in [0.05, 0.1) is 0 Å². The number of unbranched alkanes of at least 4 members (excludes halogenated alkanes) is 1. The van der Waals surface area contributed by atoms with E-state index >= 15 is 0 Å². The van der Waals surface area contributed by atoms with Gasteiger partial charge in [0.2, 0.25) is 0 Å². The molecule has 0 unspecified atom stereocenters. The lowest BCUT2D eigenvalue weighted by atomic mass is 10.3. The number of nitrogens with one attached hydrogen (secondary N) is 4. The fourth-order valence-electron chi connectivity index (χ4n) is 0.677. The molecule has 0 fully saturated rings. The molecular formula is C6H20Cl2N4. The molecule has 0 heterocycles. The highest BCUT2D eigenvalue weighted by Crippen LogP contribution is 1.81. The second kappa shape index (κ2) is 17.5. The van der Waals surface area contributed by atoms with Gasteiger partial charge in [-0.15, -0.1) is 24.8 Å². The Morgan fingerprint density at radius 3 is 1.33 bits per heavy atom. The Morgan fingerprint density at radius 2 is 1.08 bits per heavy atom. The number of rotatable bonds is 7. The first kappa shape index (κ1) is 18.3. The van der Waals surface area contributed by atoms with E-state index in [9.17, 15) is 0 Å². The van der Waals surface area contributed by atoms with Gasteiger partial charge < -0.3 is 0 Å². The maximum Gasteiger partial charge on any atom is 0.0100 e. The average Bonchev–Trinajstić information content (AvgIpc) is 1.97. The molecule has 0 atom stereocenters. The third kappa shape index (κ3) is 16.8. The van der Waals surface area contributed by atoms with E-state index in [1.165, 1.54) is 12.8 Å². The van der Waals surface area contributed by atoms with Crippen molar-refractivity contribution in [3.05, 3.63) is 0 Å². The van der Waals surface area contributed by atoms with E-state index in [2.05, 4.69) is 21.7 Å². The molecule has 0 aromatic heterocycles. The minimum atomic E-state index is 0. The number of hydrogen-bond acceptors (Lipinski definition) is 4. The molecule has 0 aliphatic rings. The maximum atomic E-state index is 3.03. The molecule has 0 saturated heterocycles. The molecule has 0 amide bonds. The van der Waals surface area contributed by atoms with Crippen LogP contribution >= 0.6 is 24.8 Å². The molecule has 0 aromatic carbocycles. The zero-order chi connectivity index (χ0) is 7.66. The van der Waals surface area contributed by atoms with Crippen LogP contribution in [-0.4, -0.2) is 27.2 Å². The molecule has 0 aliphatic heterocycles. The summed E-state index contributed by atoms with van der Waals surface area (Å²) in [6, 6.07) is 0. The molecule has 0 spiro atoms. The van der Waals surface area contributed by atoms with E-state index in [4.69, 9.17) is 0 Å². The molecule has 0 radical (unpaired) electrons. The first-order valence-corrected chi connectivity index (χ1v) is 3.71. The monoisotopic (exact) mass is 218 g/mol. The Bertz CT molecular complexity index is 57.5. The zero-order valence-corrected chi connectivity index (χ0v) is 9.28. The normalized spacial score (nSPS) is 8.50. The van der Waals surface area contributed by atoms with Crippen molar-refractivity contribution >= 4 is 24.8 Å². The van der Waals surface area contributed by atoms with Crippen molar-refractivity contribution in [2.75, 3.05) is 27.2 Å². The smallest absolute Gasteiger partial charge is 0.0100 e. The minimum absolute atomic E-state index is 0. The van der Waals surface area contributed by atoms with E-state index in [1.807, 2.05) is 14.1 Å². The fraction of sp³-hybridized carbons (Fsp3) is 1.00. The lowest BCUT2D eigenvalue weighted by Crippen LogP contribution is -2.31. The van der Waals surface area contributed by atoms with E-state index in [0.717, 1.165) is 13.1 Å². The van der Waals surface area contributed by atoms with Gasteiger partial charge in [0.1, 0.15) is 0 Å². The van der Waals surface area contributed by atoms with Gasteiger partial charge in [-0.3, -0.25) is 21.7 Å². The second-order valence-electron chi connectivity index (χ2n) is 2.06. The summed E-state index contributed by atoms with van der Waals surface area (Å²) in [5.41, 5.74) is 11.8. The summed E-state index contributed by atoms with van der Waals surface area (Å²) in [6.07, 6.45) is 2.38. The van der Waals surface area contributed by atoms with Gasteiger partial charge in [-0.05, 0) is 26.9 Å². The van der Waals surface area contributed by atoms with Crippen LogP contribution in [0.15, 0.2) is 0 Å². The van der Waals surface area contributed by atoms with Crippen LogP contribution in [0.4, 0.5) is 0 Å². The molecule has 0 bridgehead atoms. The maximum absolute atomic E-state index is 3.03. The summed E-state index contributed by atoms with van der Waals surface area (Å²) in [6.45, 7) is 2.06. The van der Waals surface area contributed by atoms with Crippen LogP contribution in [0.25, 0.3) is 0 Å². The highest BCUT2D eigenvalue weighted by atomic mass is 35.5. The standard InChI is InChI=1S/C6H18N4.2ClH/c1-7-9-5-3-4-6-10-8-2;;/h7-10H,3-6H2,1-2H3;2*1H. The number of hydrazine groups is 2. The van der Waals surface area contributed by atoms with Gasteiger partial charge in [-0.2, -0.15) is 0 Å². The van der Waals surface area contributed by atoms with Gasteiger partial charge in [0.15, 0.2) is 0 Å². The van der Waals surface area contributed by atoms with Crippen LogP contribution < -0.4 is 21.7 Å². The molecule has 0 saturated carbocycles. The third-order valence-corrected chi connectivity index (χ3v) is 1.21. The summed E-state index contributed by atoms with van der Waals surface area (Å²) < 4.78 is 0. The van der Waals surface area contributed by atoms with E-state index in [-0.39, 0.29) is 24.8 Å². The van der Waals surface area contributed by atoms with Crippen molar-refractivity contribution in [1.29, 1.82) is 0 Å².